The number of hydrogen-bond acceptors (Lipinski definition) is 5. The lowest BCUT2D eigenvalue weighted by atomic mass is 10.0. The lowest BCUT2D eigenvalue weighted by molar-refractivity contribution is -0.384. The molecule has 9 heteroatoms. The Balaban J connectivity index is 0.00000243. The average Bonchev–Trinajstić information content (AvgIpc) is 2.61. The van der Waals surface area contributed by atoms with E-state index in [-0.39, 0.29) is 36.0 Å². The molecule has 2 amide bonds. The SMILES string of the molecule is Cc1cc(C(=O)N2CCCC(N3CCNCC3=O)C2)cc([N+](=O)[O-])c1.Cl. The first-order valence-corrected chi connectivity index (χ1v) is 8.51. The fourth-order valence-electron chi connectivity index (χ4n) is 3.58. The number of carbonyl (C=O) groups excluding carboxylic acids is 2. The van der Waals surface area contributed by atoms with E-state index in [2.05, 4.69) is 5.32 Å². The van der Waals surface area contributed by atoms with Crippen molar-refractivity contribution in [2.75, 3.05) is 32.7 Å². The number of non-ortho nitro benzene ring substituents is 1. The topological polar surface area (TPSA) is 95.8 Å². The van der Waals surface area contributed by atoms with Crippen LogP contribution in [0.15, 0.2) is 18.2 Å². The number of amides is 2. The first kappa shape index (κ1) is 20.1. The summed E-state index contributed by atoms with van der Waals surface area (Å²) in [5.41, 5.74) is 0.941. The molecule has 2 saturated heterocycles. The minimum Gasteiger partial charge on any atom is -0.337 e. The Morgan fingerprint density at radius 3 is 2.77 bits per heavy atom. The maximum atomic E-state index is 12.8. The molecule has 1 atom stereocenters. The van der Waals surface area contributed by atoms with Crippen LogP contribution in [0.4, 0.5) is 5.69 Å². The number of nitrogens with zero attached hydrogens (tertiary/aromatic N) is 3. The number of rotatable bonds is 3. The standard InChI is InChI=1S/C17H22N4O4.ClH/c1-12-7-13(9-15(8-12)21(24)25)17(23)19-5-2-3-14(11-19)20-6-4-18-10-16(20)22;/h7-9,14,18H,2-6,10-11H2,1H3;1H. The molecule has 1 aromatic carbocycles. The summed E-state index contributed by atoms with van der Waals surface area (Å²) >= 11 is 0. The van der Waals surface area contributed by atoms with E-state index < -0.39 is 4.92 Å². The van der Waals surface area contributed by atoms with E-state index in [1.54, 1.807) is 17.9 Å². The summed E-state index contributed by atoms with van der Waals surface area (Å²) in [6, 6.07) is 4.48. The Bertz CT molecular complexity index is 712. The minimum absolute atomic E-state index is 0. The third-order valence-electron chi connectivity index (χ3n) is 4.77. The number of piperazine rings is 1. The zero-order valence-corrected chi connectivity index (χ0v) is 15.5. The van der Waals surface area contributed by atoms with Crippen LogP contribution in [-0.4, -0.2) is 65.3 Å². The van der Waals surface area contributed by atoms with E-state index in [4.69, 9.17) is 0 Å². The molecule has 2 aliphatic rings. The van der Waals surface area contributed by atoms with Crippen LogP contribution in [0.2, 0.25) is 0 Å². The molecule has 1 N–H and O–H groups in total. The van der Waals surface area contributed by atoms with Crippen LogP contribution < -0.4 is 5.32 Å². The molecule has 3 rings (SSSR count). The van der Waals surface area contributed by atoms with E-state index in [9.17, 15) is 19.7 Å². The van der Waals surface area contributed by atoms with Crippen LogP contribution >= 0.6 is 12.4 Å². The lowest BCUT2D eigenvalue weighted by Crippen LogP contribution is -2.57. The van der Waals surface area contributed by atoms with Gasteiger partial charge >= 0.3 is 0 Å². The van der Waals surface area contributed by atoms with Crippen LogP contribution in [0.5, 0.6) is 0 Å². The van der Waals surface area contributed by atoms with Gasteiger partial charge in [-0.15, -0.1) is 12.4 Å². The van der Waals surface area contributed by atoms with Crippen LogP contribution in [0.1, 0.15) is 28.8 Å². The van der Waals surface area contributed by atoms with E-state index in [0.29, 0.717) is 37.3 Å². The molecular formula is C17H23ClN4O4. The summed E-state index contributed by atoms with van der Waals surface area (Å²) in [5, 5.41) is 14.1. The summed E-state index contributed by atoms with van der Waals surface area (Å²) in [7, 11) is 0. The quantitative estimate of drug-likeness (QED) is 0.629. The summed E-state index contributed by atoms with van der Waals surface area (Å²) in [6.45, 7) is 4.59. The van der Waals surface area contributed by atoms with Crippen molar-refractivity contribution in [2.24, 2.45) is 0 Å². The largest absolute Gasteiger partial charge is 0.337 e. The van der Waals surface area contributed by atoms with E-state index >= 15 is 0 Å². The Hall–Kier alpha value is -2.19. The number of hydrogen-bond donors (Lipinski definition) is 1. The van der Waals surface area contributed by atoms with Gasteiger partial charge in [0, 0.05) is 49.9 Å². The number of likely N-dealkylation sites (tertiary alicyclic amines) is 1. The predicted octanol–water partition coefficient (Wildman–Crippen LogP) is 1.36. The molecule has 0 bridgehead atoms. The number of carbonyl (C=O) groups is 2. The number of aryl methyl sites for hydroxylation is 1. The summed E-state index contributed by atoms with van der Waals surface area (Å²) in [5.74, 6) is -0.143. The Kier molecular flexibility index (Phi) is 6.55. The molecule has 1 aromatic rings. The molecule has 2 aliphatic heterocycles. The van der Waals surface area contributed by atoms with Gasteiger partial charge in [0.2, 0.25) is 5.91 Å². The van der Waals surface area contributed by atoms with E-state index in [1.165, 1.54) is 12.1 Å². The second-order valence-corrected chi connectivity index (χ2v) is 6.63. The minimum atomic E-state index is -0.484. The Morgan fingerprint density at radius 2 is 2.08 bits per heavy atom. The van der Waals surface area contributed by atoms with Crippen LogP contribution in [0, 0.1) is 17.0 Å². The second-order valence-electron chi connectivity index (χ2n) is 6.63. The molecule has 2 fully saturated rings. The number of nitro groups is 1. The van der Waals surface area contributed by atoms with E-state index in [0.717, 1.165) is 19.4 Å². The molecule has 26 heavy (non-hydrogen) atoms. The first-order valence-electron chi connectivity index (χ1n) is 8.51. The number of halogens is 1. The van der Waals surface area contributed by atoms with Crippen molar-refractivity contribution in [3.8, 4) is 0 Å². The maximum absolute atomic E-state index is 12.8. The smallest absolute Gasteiger partial charge is 0.270 e. The molecule has 0 aromatic heterocycles. The van der Waals surface area contributed by atoms with Crippen molar-refractivity contribution in [1.82, 2.24) is 15.1 Å². The van der Waals surface area contributed by atoms with Crippen molar-refractivity contribution < 1.29 is 14.5 Å². The molecule has 1 unspecified atom stereocenters. The van der Waals surface area contributed by atoms with Gasteiger partial charge in [-0.25, -0.2) is 0 Å². The highest BCUT2D eigenvalue weighted by molar-refractivity contribution is 5.95. The molecular weight excluding hydrogens is 360 g/mol. The van der Waals surface area contributed by atoms with Gasteiger partial charge in [0.05, 0.1) is 11.5 Å². The molecule has 0 spiro atoms. The highest BCUT2D eigenvalue weighted by Gasteiger charge is 2.32. The van der Waals surface area contributed by atoms with Crippen LogP contribution in [-0.2, 0) is 4.79 Å². The lowest BCUT2D eigenvalue weighted by Gasteiger charge is -2.41. The highest BCUT2D eigenvalue weighted by Crippen LogP contribution is 2.22. The van der Waals surface area contributed by atoms with Gasteiger partial charge in [-0.3, -0.25) is 19.7 Å². The second kappa shape index (κ2) is 8.46. The number of piperidine rings is 1. The summed E-state index contributed by atoms with van der Waals surface area (Å²) in [6.07, 6.45) is 1.70. The maximum Gasteiger partial charge on any atom is 0.270 e. The highest BCUT2D eigenvalue weighted by atomic mass is 35.5. The molecule has 0 radical (unpaired) electrons. The molecule has 142 valence electrons. The number of nitro benzene ring substituents is 1. The average molecular weight is 383 g/mol. The zero-order chi connectivity index (χ0) is 18.0. The molecule has 2 heterocycles. The van der Waals surface area contributed by atoms with Gasteiger partial charge in [0.1, 0.15) is 0 Å². The third kappa shape index (κ3) is 4.31. The monoisotopic (exact) mass is 382 g/mol. The van der Waals surface area contributed by atoms with Crippen LogP contribution in [0.25, 0.3) is 0 Å². The van der Waals surface area contributed by atoms with Crippen molar-refractivity contribution in [2.45, 2.75) is 25.8 Å². The van der Waals surface area contributed by atoms with Gasteiger partial charge in [-0.2, -0.15) is 0 Å². The summed E-state index contributed by atoms with van der Waals surface area (Å²) < 4.78 is 0. The van der Waals surface area contributed by atoms with Gasteiger partial charge < -0.3 is 15.1 Å². The molecule has 8 nitrogen and oxygen atoms in total. The Labute approximate surface area is 158 Å². The fraction of sp³-hybridized carbons (Fsp3) is 0.529. The molecule has 0 saturated carbocycles. The third-order valence-corrected chi connectivity index (χ3v) is 4.77. The first-order chi connectivity index (χ1) is 12.0. The van der Waals surface area contributed by atoms with Gasteiger partial charge in [-0.1, -0.05) is 0 Å². The normalized spacial score (nSPS) is 20.5. The molecule has 0 aliphatic carbocycles. The van der Waals surface area contributed by atoms with Crippen LogP contribution in [0.3, 0.4) is 0 Å². The van der Waals surface area contributed by atoms with Crippen molar-refractivity contribution in [3.05, 3.63) is 39.4 Å². The number of nitrogens with one attached hydrogen (secondary N) is 1. The van der Waals surface area contributed by atoms with E-state index in [1.807, 2.05) is 4.90 Å². The van der Waals surface area contributed by atoms with Crippen molar-refractivity contribution in [3.63, 3.8) is 0 Å². The predicted molar refractivity (Wildman–Crippen MR) is 98.6 cm³/mol. The van der Waals surface area contributed by atoms with Crippen molar-refractivity contribution in [1.29, 1.82) is 0 Å². The number of benzene rings is 1. The van der Waals surface area contributed by atoms with Crippen molar-refractivity contribution >= 4 is 29.9 Å². The Morgan fingerprint density at radius 1 is 1.31 bits per heavy atom. The fourth-order valence-corrected chi connectivity index (χ4v) is 3.58. The van der Waals surface area contributed by atoms with Gasteiger partial charge in [-0.05, 0) is 31.4 Å². The van der Waals surface area contributed by atoms with Gasteiger partial charge in [0.15, 0.2) is 0 Å². The summed E-state index contributed by atoms with van der Waals surface area (Å²) in [4.78, 5) is 39.0. The van der Waals surface area contributed by atoms with Gasteiger partial charge in [0.25, 0.3) is 11.6 Å². The zero-order valence-electron chi connectivity index (χ0n) is 14.6.